The van der Waals surface area contributed by atoms with E-state index in [2.05, 4.69) is 10.2 Å². The number of ether oxygens (including phenoxy) is 2. The zero-order chi connectivity index (χ0) is 19.3. The van der Waals surface area contributed by atoms with E-state index < -0.39 is 0 Å². The molecule has 1 saturated carbocycles. The molecule has 0 bridgehead atoms. The third-order valence-electron chi connectivity index (χ3n) is 5.39. The van der Waals surface area contributed by atoms with E-state index >= 15 is 0 Å². The standard InChI is InChI=1S/C22H25FN2O3/c23-17-8-6-16(7-9-17)13-25(19-4-2-1-3-5-19)14-22(26)24-18-10-11-20-21(12-18)28-15-27-20/h6-12,19H,1-5,13-15H2,(H,24,26). The monoisotopic (exact) mass is 384 g/mol. The number of halogens is 1. The molecular formula is C22H25FN2O3. The summed E-state index contributed by atoms with van der Waals surface area (Å²) in [7, 11) is 0. The van der Waals surface area contributed by atoms with Crippen molar-refractivity contribution in [2.75, 3.05) is 18.7 Å². The van der Waals surface area contributed by atoms with Gasteiger partial charge >= 0.3 is 0 Å². The van der Waals surface area contributed by atoms with Gasteiger partial charge in [-0.05, 0) is 42.7 Å². The van der Waals surface area contributed by atoms with E-state index in [-0.39, 0.29) is 18.5 Å². The normalized spacial score (nSPS) is 16.4. The Bertz CT molecular complexity index is 819. The molecule has 1 N–H and O–H groups in total. The summed E-state index contributed by atoms with van der Waals surface area (Å²) in [6, 6.07) is 12.3. The summed E-state index contributed by atoms with van der Waals surface area (Å²) in [5, 5.41) is 2.96. The molecule has 1 fully saturated rings. The molecule has 0 saturated heterocycles. The molecule has 1 amide bonds. The number of fused-ring (bicyclic) bond motifs is 1. The Morgan fingerprint density at radius 3 is 2.57 bits per heavy atom. The largest absolute Gasteiger partial charge is 0.454 e. The van der Waals surface area contributed by atoms with Gasteiger partial charge in [-0.2, -0.15) is 0 Å². The van der Waals surface area contributed by atoms with Crippen LogP contribution in [0.2, 0.25) is 0 Å². The molecule has 1 aliphatic heterocycles. The Hall–Kier alpha value is -2.60. The van der Waals surface area contributed by atoms with Gasteiger partial charge in [-0.1, -0.05) is 31.4 Å². The van der Waals surface area contributed by atoms with Crippen LogP contribution >= 0.6 is 0 Å². The van der Waals surface area contributed by atoms with Crippen molar-refractivity contribution < 1.29 is 18.7 Å². The van der Waals surface area contributed by atoms with Crippen molar-refractivity contribution in [2.24, 2.45) is 0 Å². The first-order chi connectivity index (χ1) is 13.7. The van der Waals surface area contributed by atoms with Crippen molar-refractivity contribution in [1.82, 2.24) is 4.90 Å². The highest BCUT2D eigenvalue weighted by Crippen LogP contribution is 2.34. The number of hydrogen-bond donors (Lipinski definition) is 1. The Morgan fingerprint density at radius 1 is 1.04 bits per heavy atom. The third-order valence-corrected chi connectivity index (χ3v) is 5.39. The fourth-order valence-corrected chi connectivity index (χ4v) is 3.94. The highest BCUT2D eigenvalue weighted by Gasteiger charge is 2.24. The summed E-state index contributed by atoms with van der Waals surface area (Å²) in [5.74, 6) is 1.03. The average molecular weight is 384 g/mol. The van der Waals surface area contributed by atoms with Gasteiger partial charge in [-0.3, -0.25) is 9.69 Å². The molecule has 0 spiro atoms. The van der Waals surface area contributed by atoms with Crippen molar-refractivity contribution in [2.45, 2.75) is 44.7 Å². The summed E-state index contributed by atoms with van der Waals surface area (Å²) in [6.07, 6.45) is 5.82. The van der Waals surface area contributed by atoms with Crippen LogP contribution in [0.25, 0.3) is 0 Å². The summed E-state index contributed by atoms with van der Waals surface area (Å²) in [5.41, 5.74) is 1.71. The van der Waals surface area contributed by atoms with E-state index in [1.165, 1.54) is 31.4 Å². The zero-order valence-corrected chi connectivity index (χ0v) is 15.8. The Labute approximate surface area is 164 Å². The number of amides is 1. The molecule has 148 valence electrons. The maximum absolute atomic E-state index is 13.2. The lowest BCUT2D eigenvalue weighted by atomic mass is 9.93. The van der Waals surface area contributed by atoms with Crippen LogP contribution in [0.4, 0.5) is 10.1 Å². The lowest BCUT2D eigenvalue weighted by Crippen LogP contribution is -2.41. The minimum atomic E-state index is -0.242. The Morgan fingerprint density at radius 2 is 1.79 bits per heavy atom. The minimum Gasteiger partial charge on any atom is -0.454 e. The number of nitrogens with one attached hydrogen (secondary N) is 1. The van der Waals surface area contributed by atoms with Crippen LogP contribution in [0.5, 0.6) is 11.5 Å². The maximum atomic E-state index is 13.2. The summed E-state index contributed by atoms with van der Waals surface area (Å²) in [6.45, 7) is 1.15. The number of rotatable bonds is 6. The molecular weight excluding hydrogens is 359 g/mol. The second-order valence-electron chi connectivity index (χ2n) is 7.44. The van der Waals surface area contributed by atoms with Crippen LogP contribution < -0.4 is 14.8 Å². The van der Waals surface area contributed by atoms with Gasteiger partial charge < -0.3 is 14.8 Å². The SMILES string of the molecule is O=C(CN(Cc1ccc(F)cc1)C1CCCCC1)Nc1ccc2c(c1)OCO2. The number of nitrogens with zero attached hydrogens (tertiary/aromatic N) is 1. The first kappa shape index (κ1) is 18.7. The maximum Gasteiger partial charge on any atom is 0.238 e. The van der Waals surface area contributed by atoms with E-state index in [1.807, 2.05) is 6.07 Å². The van der Waals surface area contributed by atoms with Crippen LogP contribution in [0.1, 0.15) is 37.7 Å². The van der Waals surface area contributed by atoms with E-state index in [9.17, 15) is 9.18 Å². The van der Waals surface area contributed by atoms with Crippen LogP contribution in [0.15, 0.2) is 42.5 Å². The van der Waals surface area contributed by atoms with E-state index in [0.717, 1.165) is 18.4 Å². The first-order valence-corrected chi connectivity index (χ1v) is 9.85. The highest BCUT2D eigenvalue weighted by atomic mass is 19.1. The van der Waals surface area contributed by atoms with E-state index in [1.54, 1.807) is 24.3 Å². The summed E-state index contributed by atoms with van der Waals surface area (Å²) >= 11 is 0. The van der Waals surface area contributed by atoms with Crippen LogP contribution in [0, 0.1) is 5.82 Å². The number of carbonyl (C=O) groups is 1. The first-order valence-electron chi connectivity index (χ1n) is 9.85. The second kappa shape index (κ2) is 8.61. The van der Waals surface area contributed by atoms with Gasteiger partial charge in [0.05, 0.1) is 6.54 Å². The molecule has 4 rings (SSSR count). The lowest BCUT2D eigenvalue weighted by Gasteiger charge is -2.34. The topological polar surface area (TPSA) is 50.8 Å². The molecule has 5 nitrogen and oxygen atoms in total. The number of benzene rings is 2. The van der Waals surface area contributed by atoms with Crippen molar-refractivity contribution in [3.8, 4) is 11.5 Å². The molecule has 0 unspecified atom stereocenters. The van der Waals surface area contributed by atoms with Gasteiger partial charge in [-0.15, -0.1) is 0 Å². The number of hydrogen-bond acceptors (Lipinski definition) is 4. The quantitative estimate of drug-likeness (QED) is 0.806. The van der Waals surface area contributed by atoms with E-state index in [4.69, 9.17) is 9.47 Å². The van der Waals surface area contributed by atoms with Crippen molar-refractivity contribution in [3.05, 3.63) is 53.8 Å². The molecule has 1 heterocycles. The average Bonchev–Trinajstić information content (AvgIpc) is 3.17. The van der Waals surface area contributed by atoms with Gasteiger partial charge in [0.15, 0.2) is 11.5 Å². The molecule has 28 heavy (non-hydrogen) atoms. The van der Waals surface area contributed by atoms with Gasteiger partial charge in [0.2, 0.25) is 12.7 Å². The number of anilines is 1. The molecule has 2 aromatic carbocycles. The fourth-order valence-electron chi connectivity index (χ4n) is 3.94. The zero-order valence-electron chi connectivity index (χ0n) is 15.8. The predicted molar refractivity (Wildman–Crippen MR) is 105 cm³/mol. The van der Waals surface area contributed by atoms with Crippen LogP contribution in [-0.2, 0) is 11.3 Å². The molecule has 0 aromatic heterocycles. The number of carbonyl (C=O) groups excluding carboxylic acids is 1. The summed E-state index contributed by atoms with van der Waals surface area (Å²) < 4.78 is 23.9. The van der Waals surface area contributed by atoms with Crippen molar-refractivity contribution in [3.63, 3.8) is 0 Å². The highest BCUT2D eigenvalue weighted by molar-refractivity contribution is 5.92. The smallest absolute Gasteiger partial charge is 0.238 e. The summed E-state index contributed by atoms with van der Waals surface area (Å²) in [4.78, 5) is 14.9. The molecule has 0 radical (unpaired) electrons. The van der Waals surface area contributed by atoms with Gasteiger partial charge in [0.1, 0.15) is 5.82 Å². The van der Waals surface area contributed by atoms with Crippen molar-refractivity contribution in [1.29, 1.82) is 0 Å². The molecule has 1 aliphatic carbocycles. The molecule has 2 aromatic rings. The minimum absolute atomic E-state index is 0.0634. The second-order valence-corrected chi connectivity index (χ2v) is 7.44. The van der Waals surface area contributed by atoms with Gasteiger partial charge in [-0.25, -0.2) is 4.39 Å². The van der Waals surface area contributed by atoms with Crippen molar-refractivity contribution >= 4 is 11.6 Å². The third kappa shape index (κ3) is 4.62. The van der Waals surface area contributed by atoms with Gasteiger partial charge in [0.25, 0.3) is 0 Å². The Kier molecular flexibility index (Phi) is 5.76. The Balaban J connectivity index is 1.43. The molecule has 2 aliphatic rings. The van der Waals surface area contributed by atoms with Crippen LogP contribution in [-0.4, -0.2) is 30.2 Å². The van der Waals surface area contributed by atoms with E-state index in [0.29, 0.717) is 36.3 Å². The van der Waals surface area contributed by atoms with Crippen LogP contribution in [0.3, 0.4) is 0 Å². The molecule has 0 atom stereocenters. The lowest BCUT2D eigenvalue weighted by molar-refractivity contribution is -0.118. The predicted octanol–water partition coefficient (Wildman–Crippen LogP) is 4.33. The van der Waals surface area contributed by atoms with Gasteiger partial charge in [0, 0.05) is 24.3 Å². The fraction of sp³-hybridized carbons (Fsp3) is 0.409. The molecule has 6 heteroatoms.